The lowest BCUT2D eigenvalue weighted by atomic mass is 9.99. The highest BCUT2D eigenvalue weighted by Gasteiger charge is 2.19. The van der Waals surface area contributed by atoms with E-state index in [1.54, 1.807) is 0 Å². The van der Waals surface area contributed by atoms with E-state index in [9.17, 15) is 0 Å². The summed E-state index contributed by atoms with van der Waals surface area (Å²) in [5.74, 6) is 0.570. The minimum absolute atomic E-state index is 0.570. The van der Waals surface area contributed by atoms with Gasteiger partial charge < -0.3 is 5.32 Å². The fraction of sp³-hybridized carbons (Fsp3) is 0.300. The van der Waals surface area contributed by atoms with Gasteiger partial charge in [-0.3, -0.25) is 0 Å². The smallest absolute Gasteiger partial charge is 0.0760 e. The molecular weight excluding hydrogens is 246 g/mol. The third-order valence-corrected chi connectivity index (χ3v) is 3.16. The molecule has 1 unspecified atom stereocenters. The van der Waals surface area contributed by atoms with E-state index in [0.29, 0.717) is 5.92 Å². The van der Waals surface area contributed by atoms with Crippen LogP contribution in [0.25, 0.3) is 0 Å². The minimum Gasteiger partial charge on any atom is -0.379 e. The molecule has 1 aliphatic heterocycles. The predicted molar refractivity (Wildman–Crippen MR) is 62.1 cm³/mol. The summed E-state index contributed by atoms with van der Waals surface area (Å²) in [6, 6.07) is 8.47. The van der Waals surface area contributed by atoms with Gasteiger partial charge in [0.05, 0.1) is 4.99 Å². The highest BCUT2D eigenvalue weighted by atomic mass is 79.9. The lowest BCUT2D eigenvalue weighted by molar-refractivity contribution is 0.764. The average molecular weight is 256 g/mol. The van der Waals surface area contributed by atoms with Crippen LogP contribution in [0.15, 0.2) is 28.7 Å². The quantitative estimate of drug-likeness (QED) is 0.775. The highest BCUT2D eigenvalue weighted by Crippen LogP contribution is 2.24. The van der Waals surface area contributed by atoms with Crippen molar-refractivity contribution in [2.75, 3.05) is 6.54 Å². The van der Waals surface area contributed by atoms with Crippen LogP contribution < -0.4 is 5.32 Å². The Kier molecular flexibility index (Phi) is 2.65. The van der Waals surface area contributed by atoms with E-state index in [2.05, 4.69) is 45.5 Å². The van der Waals surface area contributed by atoms with Gasteiger partial charge in [-0.05, 0) is 17.7 Å². The molecule has 0 saturated carbocycles. The maximum Gasteiger partial charge on any atom is 0.0760 e. The maximum absolute atomic E-state index is 5.10. The van der Waals surface area contributed by atoms with Gasteiger partial charge in [0, 0.05) is 23.4 Å². The van der Waals surface area contributed by atoms with E-state index in [1.807, 2.05) is 0 Å². The zero-order valence-corrected chi connectivity index (χ0v) is 9.49. The molecule has 0 bridgehead atoms. The Balaban J connectivity index is 2.17. The molecular formula is C10H10BrNS. The third kappa shape index (κ3) is 2.09. The van der Waals surface area contributed by atoms with Crippen molar-refractivity contribution < 1.29 is 0 Å². The van der Waals surface area contributed by atoms with Crippen molar-refractivity contribution in [2.45, 2.75) is 12.3 Å². The topological polar surface area (TPSA) is 12.0 Å². The molecule has 0 spiro atoms. The molecule has 1 fully saturated rings. The first-order valence-electron chi connectivity index (χ1n) is 4.28. The summed E-state index contributed by atoms with van der Waals surface area (Å²) in [5.41, 5.74) is 1.37. The molecule has 1 aromatic carbocycles. The normalized spacial score (nSPS) is 21.6. The number of hydrogen-bond donors (Lipinski definition) is 1. The van der Waals surface area contributed by atoms with Gasteiger partial charge in [-0.25, -0.2) is 0 Å². The molecule has 2 rings (SSSR count). The third-order valence-electron chi connectivity index (χ3n) is 2.32. The molecule has 1 N–H and O–H groups in total. The van der Waals surface area contributed by atoms with Crippen molar-refractivity contribution in [1.82, 2.24) is 5.32 Å². The average Bonchev–Trinajstić information content (AvgIpc) is 2.53. The van der Waals surface area contributed by atoms with Gasteiger partial charge in [0.1, 0.15) is 0 Å². The van der Waals surface area contributed by atoms with Gasteiger partial charge in [-0.15, -0.1) is 0 Å². The number of nitrogens with one attached hydrogen (secondary N) is 1. The molecule has 13 heavy (non-hydrogen) atoms. The molecule has 0 aromatic heterocycles. The summed E-state index contributed by atoms with van der Waals surface area (Å²) in [7, 11) is 0. The van der Waals surface area contributed by atoms with Crippen molar-refractivity contribution in [2.24, 2.45) is 0 Å². The minimum atomic E-state index is 0.570. The van der Waals surface area contributed by atoms with Gasteiger partial charge >= 0.3 is 0 Å². The van der Waals surface area contributed by atoms with Crippen molar-refractivity contribution in [3.63, 3.8) is 0 Å². The van der Waals surface area contributed by atoms with Crippen LogP contribution in [-0.2, 0) is 0 Å². The summed E-state index contributed by atoms with van der Waals surface area (Å²) in [6.45, 7) is 0.987. The van der Waals surface area contributed by atoms with Gasteiger partial charge in [0.15, 0.2) is 0 Å². The molecule has 1 aliphatic rings. The van der Waals surface area contributed by atoms with Gasteiger partial charge in [0.25, 0.3) is 0 Å². The van der Waals surface area contributed by atoms with Crippen molar-refractivity contribution in [1.29, 1.82) is 0 Å². The van der Waals surface area contributed by atoms with Gasteiger partial charge in [0.2, 0.25) is 0 Å². The number of rotatable bonds is 1. The van der Waals surface area contributed by atoms with E-state index >= 15 is 0 Å². The fourth-order valence-corrected chi connectivity index (χ4v) is 2.12. The summed E-state index contributed by atoms with van der Waals surface area (Å²) in [6.07, 6.45) is 0.997. The van der Waals surface area contributed by atoms with E-state index in [4.69, 9.17) is 12.2 Å². The summed E-state index contributed by atoms with van der Waals surface area (Å²) < 4.78 is 1.13. The van der Waals surface area contributed by atoms with Crippen molar-refractivity contribution in [3.8, 4) is 0 Å². The maximum atomic E-state index is 5.10. The summed E-state index contributed by atoms with van der Waals surface area (Å²) >= 11 is 8.53. The van der Waals surface area contributed by atoms with Crippen molar-refractivity contribution in [3.05, 3.63) is 34.3 Å². The second-order valence-electron chi connectivity index (χ2n) is 3.26. The molecule has 1 atom stereocenters. The Morgan fingerprint density at radius 3 is 2.54 bits per heavy atom. The zero-order valence-electron chi connectivity index (χ0n) is 7.09. The fourth-order valence-electron chi connectivity index (χ4n) is 1.58. The Morgan fingerprint density at radius 1 is 1.31 bits per heavy atom. The molecule has 1 saturated heterocycles. The van der Waals surface area contributed by atoms with Crippen LogP contribution >= 0.6 is 28.1 Å². The molecule has 3 heteroatoms. The Hall–Kier alpha value is -0.410. The lowest BCUT2D eigenvalue weighted by Gasteiger charge is -2.06. The monoisotopic (exact) mass is 255 g/mol. The van der Waals surface area contributed by atoms with E-state index < -0.39 is 0 Å². The van der Waals surface area contributed by atoms with Crippen LogP contribution in [-0.4, -0.2) is 11.5 Å². The van der Waals surface area contributed by atoms with E-state index in [-0.39, 0.29) is 0 Å². The summed E-state index contributed by atoms with van der Waals surface area (Å²) in [4.78, 5) is 0.993. The van der Waals surface area contributed by atoms with Crippen LogP contribution in [0.2, 0.25) is 0 Å². The predicted octanol–water partition coefficient (Wildman–Crippen LogP) is 2.85. The van der Waals surface area contributed by atoms with Crippen LogP contribution in [0.1, 0.15) is 17.9 Å². The molecule has 1 heterocycles. The van der Waals surface area contributed by atoms with Crippen LogP contribution in [0.3, 0.4) is 0 Å². The zero-order chi connectivity index (χ0) is 9.26. The van der Waals surface area contributed by atoms with Crippen LogP contribution in [0.4, 0.5) is 0 Å². The largest absolute Gasteiger partial charge is 0.379 e. The van der Waals surface area contributed by atoms with Crippen LogP contribution in [0, 0.1) is 0 Å². The first kappa shape index (κ1) is 9.16. The highest BCUT2D eigenvalue weighted by molar-refractivity contribution is 9.10. The van der Waals surface area contributed by atoms with Crippen LogP contribution in [0.5, 0.6) is 0 Å². The van der Waals surface area contributed by atoms with E-state index in [1.165, 1.54) is 5.56 Å². The lowest BCUT2D eigenvalue weighted by Crippen LogP contribution is -2.11. The number of benzene rings is 1. The molecule has 1 aromatic rings. The Morgan fingerprint density at radius 2 is 2.00 bits per heavy atom. The molecule has 0 radical (unpaired) electrons. The SMILES string of the molecule is S=C1CC(c2ccc(Br)cc2)CN1. The second-order valence-corrected chi connectivity index (χ2v) is 4.67. The second kappa shape index (κ2) is 3.76. The number of halogens is 1. The molecule has 0 amide bonds. The number of thiocarbonyl (C=S) groups is 1. The van der Waals surface area contributed by atoms with Crippen molar-refractivity contribution >= 4 is 33.1 Å². The van der Waals surface area contributed by atoms with E-state index in [0.717, 1.165) is 22.4 Å². The molecule has 68 valence electrons. The summed E-state index contributed by atoms with van der Waals surface area (Å²) in [5, 5.41) is 3.20. The Bertz CT molecular complexity index is 320. The first-order chi connectivity index (χ1) is 6.25. The first-order valence-corrected chi connectivity index (χ1v) is 5.48. The molecule has 0 aliphatic carbocycles. The standard InChI is InChI=1S/C10H10BrNS/c11-9-3-1-7(2-4-9)8-5-10(13)12-6-8/h1-4,8H,5-6H2,(H,12,13). The Labute approximate surface area is 91.7 Å². The molecule has 1 nitrogen and oxygen atoms in total. The van der Waals surface area contributed by atoms with Gasteiger partial charge in [-0.1, -0.05) is 40.3 Å². The van der Waals surface area contributed by atoms with Gasteiger partial charge in [-0.2, -0.15) is 0 Å². The number of hydrogen-bond acceptors (Lipinski definition) is 1.